The largest absolute Gasteiger partial charge is 0.494 e. The third-order valence-electron chi connectivity index (χ3n) is 3.83. The van der Waals surface area contributed by atoms with Crippen molar-refractivity contribution in [3.63, 3.8) is 0 Å². The van der Waals surface area contributed by atoms with Crippen molar-refractivity contribution in [2.75, 3.05) is 0 Å². The van der Waals surface area contributed by atoms with Crippen LogP contribution in [0.2, 0.25) is 0 Å². The first kappa shape index (κ1) is 12.0. The molecule has 1 aromatic rings. The van der Waals surface area contributed by atoms with Gasteiger partial charge in [0, 0.05) is 6.04 Å². The molecule has 0 saturated heterocycles. The second kappa shape index (κ2) is 4.39. The zero-order chi connectivity index (χ0) is 12.6. The third kappa shape index (κ3) is 2.01. The first-order valence-corrected chi connectivity index (χ1v) is 6.06. The molecule has 1 unspecified atom stereocenters. The Morgan fingerprint density at radius 2 is 1.94 bits per heavy atom. The maximum absolute atomic E-state index is 11.8. The smallest absolute Gasteiger partial charge is 0.331 e. The number of nitrogens with zero attached hydrogens (tertiary/aromatic N) is 1. The molecular weight excluding hydrogens is 220 g/mol. The van der Waals surface area contributed by atoms with Crippen LogP contribution >= 0.6 is 0 Å². The van der Waals surface area contributed by atoms with E-state index < -0.39 is 11.2 Å². The van der Waals surface area contributed by atoms with Crippen LogP contribution < -0.4 is 11.2 Å². The summed E-state index contributed by atoms with van der Waals surface area (Å²) >= 11 is 0. The highest BCUT2D eigenvalue weighted by Gasteiger charge is 2.26. The van der Waals surface area contributed by atoms with Gasteiger partial charge in [-0.15, -0.1) is 0 Å². The van der Waals surface area contributed by atoms with Crippen molar-refractivity contribution in [2.24, 2.45) is 5.92 Å². The van der Waals surface area contributed by atoms with Crippen LogP contribution in [0.1, 0.15) is 44.2 Å². The Balaban J connectivity index is 2.48. The van der Waals surface area contributed by atoms with Gasteiger partial charge in [-0.3, -0.25) is 14.3 Å². The van der Waals surface area contributed by atoms with E-state index in [1.165, 1.54) is 24.3 Å². The van der Waals surface area contributed by atoms with Crippen molar-refractivity contribution in [1.29, 1.82) is 0 Å². The highest BCUT2D eigenvalue weighted by molar-refractivity contribution is 5.21. The van der Waals surface area contributed by atoms with E-state index >= 15 is 0 Å². The van der Waals surface area contributed by atoms with Gasteiger partial charge in [0.2, 0.25) is 5.88 Å². The fraction of sp³-hybridized carbons (Fsp3) is 0.667. The number of nitrogens with one attached hydrogen (secondary N) is 1. The minimum absolute atomic E-state index is 0.0689. The normalized spacial score (nSPS) is 18.5. The highest BCUT2D eigenvalue weighted by atomic mass is 16.3. The van der Waals surface area contributed by atoms with E-state index in [1.54, 1.807) is 0 Å². The molecule has 1 aromatic heterocycles. The molecule has 1 aliphatic carbocycles. The zero-order valence-corrected chi connectivity index (χ0v) is 10.2. The molecule has 1 heterocycles. The molecule has 0 radical (unpaired) electrons. The number of H-pyrrole nitrogens is 1. The lowest BCUT2D eigenvalue weighted by molar-refractivity contribution is 0.299. The predicted molar refractivity (Wildman–Crippen MR) is 64.4 cm³/mol. The SMILES string of the molecule is Cc1c(O)n(C(C)C2CCCC2)c(=O)[nH]c1=O. The Bertz CT molecular complexity index is 524. The summed E-state index contributed by atoms with van der Waals surface area (Å²) in [6.07, 6.45) is 4.50. The van der Waals surface area contributed by atoms with E-state index in [-0.39, 0.29) is 17.5 Å². The topological polar surface area (TPSA) is 75.1 Å². The number of aromatic hydroxyl groups is 1. The maximum atomic E-state index is 11.8. The summed E-state index contributed by atoms with van der Waals surface area (Å²) in [7, 11) is 0. The van der Waals surface area contributed by atoms with Gasteiger partial charge in [0.15, 0.2) is 0 Å². The number of aromatic nitrogens is 2. The lowest BCUT2D eigenvalue weighted by Crippen LogP contribution is -2.34. The molecule has 0 amide bonds. The number of hydrogen-bond donors (Lipinski definition) is 2. The fourth-order valence-corrected chi connectivity index (χ4v) is 2.66. The van der Waals surface area contributed by atoms with E-state index in [2.05, 4.69) is 4.98 Å². The summed E-state index contributed by atoms with van der Waals surface area (Å²) in [4.78, 5) is 25.3. The molecule has 0 aliphatic heterocycles. The summed E-state index contributed by atoms with van der Waals surface area (Å²) in [5.74, 6) is 0.210. The summed E-state index contributed by atoms with van der Waals surface area (Å²) in [6, 6.07) is -0.0689. The van der Waals surface area contributed by atoms with Crippen LogP contribution in [-0.4, -0.2) is 14.7 Å². The average molecular weight is 238 g/mol. The van der Waals surface area contributed by atoms with Crippen LogP contribution in [0.15, 0.2) is 9.59 Å². The third-order valence-corrected chi connectivity index (χ3v) is 3.83. The molecule has 1 saturated carbocycles. The predicted octanol–water partition coefficient (Wildman–Crippen LogP) is 1.30. The molecule has 0 bridgehead atoms. The van der Waals surface area contributed by atoms with Crippen LogP contribution in [0, 0.1) is 12.8 Å². The number of hydrogen-bond acceptors (Lipinski definition) is 3. The van der Waals surface area contributed by atoms with Gasteiger partial charge in [0.05, 0.1) is 5.56 Å². The summed E-state index contributed by atoms with van der Waals surface area (Å²) in [5, 5.41) is 9.93. The molecule has 0 spiro atoms. The maximum Gasteiger partial charge on any atom is 0.331 e. The van der Waals surface area contributed by atoms with Gasteiger partial charge in [-0.1, -0.05) is 12.8 Å². The van der Waals surface area contributed by atoms with Crippen LogP contribution in [0.5, 0.6) is 5.88 Å². The Labute approximate surface area is 99.1 Å². The van der Waals surface area contributed by atoms with Crippen molar-refractivity contribution in [3.05, 3.63) is 26.4 Å². The molecule has 5 heteroatoms. The average Bonchev–Trinajstić information content (AvgIpc) is 2.79. The Hall–Kier alpha value is -1.52. The lowest BCUT2D eigenvalue weighted by Gasteiger charge is -2.22. The van der Waals surface area contributed by atoms with Crippen molar-refractivity contribution in [1.82, 2.24) is 9.55 Å². The van der Waals surface area contributed by atoms with Crippen molar-refractivity contribution < 1.29 is 5.11 Å². The number of rotatable bonds is 2. The van der Waals surface area contributed by atoms with E-state index in [9.17, 15) is 14.7 Å². The zero-order valence-electron chi connectivity index (χ0n) is 10.2. The van der Waals surface area contributed by atoms with Gasteiger partial charge in [-0.2, -0.15) is 0 Å². The minimum Gasteiger partial charge on any atom is -0.494 e. The first-order chi connectivity index (χ1) is 8.02. The van der Waals surface area contributed by atoms with Gasteiger partial charge < -0.3 is 5.11 Å². The molecule has 1 aliphatic rings. The molecule has 17 heavy (non-hydrogen) atoms. The van der Waals surface area contributed by atoms with E-state index in [0.717, 1.165) is 12.8 Å². The van der Waals surface area contributed by atoms with Gasteiger partial charge in [-0.05, 0) is 32.6 Å². The second-order valence-electron chi connectivity index (χ2n) is 4.86. The monoisotopic (exact) mass is 238 g/mol. The van der Waals surface area contributed by atoms with Crippen molar-refractivity contribution in [2.45, 2.75) is 45.6 Å². The minimum atomic E-state index is -0.516. The van der Waals surface area contributed by atoms with E-state index in [0.29, 0.717) is 5.92 Å². The lowest BCUT2D eigenvalue weighted by atomic mass is 9.99. The van der Waals surface area contributed by atoms with Crippen LogP contribution in [0.25, 0.3) is 0 Å². The van der Waals surface area contributed by atoms with Gasteiger partial charge in [0.1, 0.15) is 0 Å². The van der Waals surface area contributed by atoms with Crippen LogP contribution in [-0.2, 0) is 0 Å². The Morgan fingerprint density at radius 1 is 1.35 bits per heavy atom. The highest BCUT2D eigenvalue weighted by Crippen LogP contribution is 2.34. The summed E-state index contributed by atoms with van der Waals surface area (Å²) < 4.78 is 1.31. The molecule has 1 fully saturated rings. The Kier molecular flexibility index (Phi) is 3.09. The van der Waals surface area contributed by atoms with Gasteiger partial charge in [0.25, 0.3) is 5.56 Å². The molecule has 1 atom stereocenters. The number of aromatic amines is 1. The van der Waals surface area contributed by atoms with Gasteiger partial charge in [-0.25, -0.2) is 4.79 Å². The van der Waals surface area contributed by atoms with Crippen molar-refractivity contribution >= 4 is 0 Å². The molecule has 2 rings (SSSR count). The molecular formula is C12H18N2O3. The molecule has 0 aromatic carbocycles. The summed E-state index contributed by atoms with van der Waals surface area (Å²) in [6.45, 7) is 3.44. The van der Waals surface area contributed by atoms with E-state index in [1.807, 2.05) is 6.92 Å². The molecule has 5 nitrogen and oxygen atoms in total. The van der Waals surface area contributed by atoms with Crippen LogP contribution in [0.4, 0.5) is 0 Å². The second-order valence-corrected chi connectivity index (χ2v) is 4.86. The van der Waals surface area contributed by atoms with Crippen molar-refractivity contribution in [3.8, 4) is 5.88 Å². The van der Waals surface area contributed by atoms with Crippen LogP contribution in [0.3, 0.4) is 0 Å². The first-order valence-electron chi connectivity index (χ1n) is 6.06. The molecule has 2 N–H and O–H groups in total. The van der Waals surface area contributed by atoms with E-state index in [4.69, 9.17) is 0 Å². The summed E-state index contributed by atoms with van der Waals surface area (Å²) in [5.41, 5.74) is -0.825. The van der Waals surface area contributed by atoms with Gasteiger partial charge >= 0.3 is 5.69 Å². The quantitative estimate of drug-likeness (QED) is 0.815. The standard InChI is InChI=1S/C12H18N2O3/c1-7-10(15)13-12(17)14(11(7)16)8(2)9-5-3-4-6-9/h8-9,16H,3-6H2,1-2H3,(H,13,15,17). The fourth-order valence-electron chi connectivity index (χ4n) is 2.66. The molecule has 94 valence electrons. The Morgan fingerprint density at radius 3 is 2.53 bits per heavy atom.